The first-order valence-electron chi connectivity index (χ1n) is 6.93. The van der Waals surface area contributed by atoms with E-state index in [0.29, 0.717) is 19.6 Å². The number of thiocarbonyl (C=S) groups is 1. The quantitative estimate of drug-likeness (QED) is 0.754. The Hall–Kier alpha value is -1.53. The van der Waals surface area contributed by atoms with Gasteiger partial charge in [0.05, 0.1) is 6.54 Å². The molecule has 6 heteroatoms. The number of hydrogen-bond donors (Lipinski definition) is 2. The summed E-state index contributed by atoms with van der Waals surface area (Å²) < 4.78 is 13.5. The average Bonchev–Trinajstić information content (AvgIpc) is 2.38. The van der Waals surface area contributed by atoms with Crippen LogP contribution >= 0.6 is 12.2 Å². The maximum Gasteiger partial charge on any atom is 0.234 e. The minimum Gasteiger partial charge on any atom is -0.389 e. The third-order valence-corrected chi connectivity index (χ3v) is 3.19. The number of halogens is 1. The lowest BCUT2D eigenvalue weighted by molar-refractivity contribution is -0.122. The zero-order valence-corrected chi connectivity index (χ0v) is 13.5. The van der Waals surface area contributed by atoms with Gasteiger partial charge >= 0.3 is 0 Å². The van der Waals surface area contributed by atoms with E-state index in [1.807, 2.05) is 25.7 Å². The average molecular weight is 311 g/mol. The molecule has 0 saturated heterocycles. The molecular formula is C15H22FN3OS. The molecule has 0 spiro atoms. The van der Waals surface area contributed by atoms with E-state index in [2.05, 4.69) is 5.32 Å². The summed E-state index contributed by atoms with van der Waals surface area (Å²) in [5, 5.41) is 2.85. The molecule has 1 aromatic rings. The summed E-state index contributed by atoms with van der Waals surface area (Å²) in [4.78, 5) is 13.8. The molecule has 0 aliphatic rings. The summed E-state index contributed by atoms with van der Waals surface area (Å²) in [5.41, 5.74) is 6.61. The van der Waals surface area contributed by atoms with Gasteiger partial charge in [-0.05, 0) is 38.1 Å². The van der Waals surface area contributed by atoms with Gasteiger partial charge in [0.25, 0.3) is 0 Å². The SMILES string of the molecule is CCN(CC(=O)NC(C)C)Cc1ccc(F)c(C(N)=S)c1. The second kappa shape index (κ2) is 8.05. The summed E-state index contributed by atoms with van der Waals surface area (Å²) >= 11 is 4.83. The highest BCUT2D eigenvalue weighted by Gasteiger charge is 2.12. The van der Waals surface area contributed by atoms with Crippen molar-refractivity contribution in [1.29, 1.82) is 0 Å². The first-order valence-corrected chi connectivity index (χ1v) is 7.34. The maximum atomic E-state index is 13.5. The third kappa shape index (κ3) is 5.77. The van der Waals surface area contributed by atoms with Gasteiger partial charge in [0, 0.05) is 18.2 Å². The fourth-order valence-electron chi connectivity index (χ4n) is 1.97. The Morgan fingerprint density at radius 2 is 2.14 bits per heavy atom. The largest absolute Gasteiger partial charge is 0.389 e. The summed E-state index contributed by atoms with van der Waals surface area (Å²) in [6.07, 6.45) is 0. The van der Waals surface area contributed by atoms with Gasteiger partial charge in [-0.25, -0.2) is 4.39 Å². The zero-order chi connectivity index (χ0) is 16.0. The van der Waals surface area contributed by atoms with Crippen molar-refractivity contribution in [2.24, 2.45) is 5.73 Å². The Kier molecular flexibility index (Phi) is 6.71. The molecule has 1 amide bonds. The van der Waals surface area contributed by atoms with Gasteiger partial charge in [-0.2, -0.15) is 0 Å². The van der Waals surface area contributed by atoms with E-state index in [0.717, 1.165) is 5.56 Å². The van der Waals surface area contributed by atoms with E-state index in [4.69, 9.17) is 18.0 Å². The van der Waals surface area contributed by atoms with E-state index >= 15 is 0 Å². The van der Waals surface area contributed by atoms with Gasteiger partial charge in [-0.15, -0.1) is 0 Å². The molecule has 0 atom stereocenters. The summed E-state index contributed by atoms with van der Waals surface area (Å²) in [7, 11) is 0. The molecule has 0 aromatic heterocycles. The normalized spacial score (nSPS) is 11.0. The topological polar surface area (TPSA) is 58.4 Å². The Morgan fingerprint density at radius 1 is 1.48 bits per heavy atom. The fourth-order valence-corrected chi connectivity index (χ4v) is 2.12. The molecule has 4 nitrogen and oxygen atoms in total. The van der Waals surface area contributed by atoms with E-state index in [9.17, 15) is 9.18 Å². The second-order valence-electron chi connectivity index (χ2n) is 5.20. The van der Waals surface area contributed by atoms with Gasteiger partial charge < -0.3 is 11.1 Å². The van der Waals surface area contributed by atoms with Crippen LogP contribution in [0.2, 0.25) is 0 Å². The molecule has 0 unspecified atom stereocenters. The zero-order valence-electron chi connectivity index (χ0n) is 12.6. The molecule has 116 valence electrons. The van der Waals surface area contributed by atoms with Crippen LogP contribution < -0.4 is 11.1 Å². The van der Waals surface area contributed by atoms with Crippen LogP contribution in [0.25, 0.3) is 0 Å². The predicted molar refractivity (Wildman–Crippen MR) is 86.5 cm³/mol. The molecule has 21 heavy (non-hydrogen) atoms. The lowest BCUT2D eigenvalue weighted by Gasteiger charge is -2.21. The molecule has 3 N–H and O–H groups in total. The van der Waals surface area contributed by atoms with Crippen LogP contribution in [0.1, 0.15) is 31.9 Å². The summed E-state index contributed by atoms with van der Waals surface area (Å²) in [6.45, 7) is 7.36. The van der Waals surface area contributed by atoms with Crippen molar-refractivity contribution in [3.8, 4) is 0 Å². The van der Waals surface area contributed by atoms with Gasteiger partial charge in [-0.1, -0.05) is 25.2 Å². The first-order chi connectivity index (χ1) is 9.83. The van der Waals surface area contributed by atoms with E-state index in [1.54, 1.807) is 12.1 Å². The van der Waals surface area contributed by atoms with Crippen LogP contribution in [0.4, 0.5) is 4.39 Å². The highest BCUT2D eigenvalue weighted by atomic mass is 32.1. The van der Waals surface area contributed by atoms with Crippen molar-refractivity contribution in [2.45, 2.75) is 33.4 Å². The monoisotopic (exact) mass is 311 g/mol. The highest BCUT2D eigenvalue weighted by molar-refractivity contribution is 7.80. The highest BCUT2D eigenvalue weighted by Crippen LogP contribution is 2.12. The molecular weight excluding hydrogens is 289 g/mol. The first kappa shape index (κ1) is 17.5. The predicted octanol–water partition coefficient (Wildman–Crippen LogP) is 1.81. The van der Waals surface area contributed by atoms with Crippen LogP contribution in [0.3, 0.4) is 0 Å². The molecule has 0 saturated carbocycles. The molecule has 0 fully saturated rings. The number of nitrogens with two attached hydrogens (primary N) is 1. The molecule has 0 aliphatic carbocycles. The number of carbonyl (C=O) groups excluding carboxylic acids is 1. The van der Waals surface area contributed by atoms with Crippen LogP contribution in [0, 0.1) is 5.82 Å². The minimum atomic E-state index is -0.424. The van der Waals surface area contributed by atoms with Gasteiger partial charge in [0.15, 0.2) is 0 Å². The van der Waals surface area contributed by atoms with Gasteiger partial charge in [0.1, 0.15) is 10.8 Å². The van der Waals surface area contributed by atoms with Crippen LogP contribution in [0.15, 0.2) is 18.2 Å². The number of benzene rings is 1. The Balaban J connectivity index is 2.75. The van der Waals surface area contributed by atoms with E-state index in [-0.39, 0.29) is 22.5 Å². The van der Waals surface area contributed by atoms with E-state index < -0.39 is 5.82 Å². The number of nitrogens with one attached hydrogen (secondary N) is 1. The van der Waals surface area contributed by atoms with Gasteiger partial charge in [0.2, 0.25) is 5.91 Å². The molecule has 1 aromatic carbocycles. The standard InChI is InChI=1S/C15H22FN3OS/c1-4-19(9-14(20)18-10(2)3)8-11-5-6-13(16)12(7-11)15(17)21/h5-7,10H,4,8-9H2,1-3H3,(H2,17,21)(H,18,20). The maximum absolute atomic E-state index is 13.5. The van der Waals surface area contributed by atoms with Crippen LogP contribution in [-0.2, 0) is 11.3 Å². The van der Waals surface area contributed by atoms with Crippen molar-refractivity contribution in [3.05, 3.63) is 35.1 Å². The molecule has 0 bridgehead atoms. The van der Waals surface area contributed by atoms with Crippen molar-refractivity contribution < 1.29 is 9.18 Å². The fraction of sp³-hybridized carbons (Fsp3) is 0.467. The Labute approximate surface area is 130 Å². The molecule has 0 heterocycles. The van der Waals surface area contributed by atoms with E-state index in [1.165, 1.54) is 6.07 Å². The smallest absolute Gasteiger partial charge is 0.234 e. The van der Waals surface area contributed by atoms with Gasteiger partial charge in [-0.3, -0.25) is 9.69 Å². The number of likely N-dealkylation sites (N-methyl/N-ethyl adjacent to an activating group) is 1. The second-order valence-corrected chi connectivity index (χ2v) is 5.64. The Bertz CT molecular complexity index is 520. The van der Waals surface area contributed by atoms with Crippen molar-refractivity contribution in [1.82, 2.24) is 10.2 Å². The molecule has 0 radical (unpaired) electrons. The molecule has 1 rings (SSSR count). The molecule has 0 aliphatic heterocycles. The van der Waals surface area contributed by atoms with Crippen LogP contribution in [0.5, 0.6) is 0 Å². The lowest BCUT2D eigenvalue weighted by Crippen LogP contribution is -2.39. The number of amides is 1. The number of nitrogens with zero attached hydrogens (tertiary/aromatic N) is 1. The van der Waals surface area contributed by atoms with Crippen LogP contribution in [-0.4, -0.2) is 34.9 Å². The summed E-state index contributed by atoms with van der Waals surface area (Å²) in [5.74, 6) is -0.449. The minimum absolute atomic E-state index is 0.0245. The van der Waals surface area contributed by atoms with Crippen molar-refractivity contribution >= 4 is 23.1 Å². The Morgan fingerprint density at radius 3 is 2.67 bits per heavy atom. The lowest BCUT2D eigenvalue weighted by atomic mass is 10.1. The number of rotatable bonds is 7. The van der Waals surface area contributed by atoms with Crippen molar-refractivity contribution in [3.63, 3.8) is 0 Å². The number of hydrogen-bond acceptors (Lipinski definition) is 3. The van der Waals surface area contributed by atoms with Crippen molar-refractivity contribution in [2.75, 3.05) is 13.1 Å². The summed E-state index contributed by atoms with van der Waals surface area (Å²) in [6, 6.07) is 4.79. The number of carbonyl (C=O) groups is 1. The third-order valence-electron chi connectivity index (χ3n) is 2.97.